The Morgan fingerprint density at radius 2 is 2.00 bits per heavy atom. The standard InChI is InChI=1S/C24H25FN4O3/c1-24-9-7-16(29(24)2)13-20(23(24)25)32-22-6-5-18(27-28-22)17-4-3-14(11-19(17)30)15-8-10-26-21(31)12-15/h3-6,8,10-12,16,20,23,30H,7,9,13H2,1-2H3,(H,26,31)/t16-,20-,23+,24+/m0/s1. The number of hydrogen-bond acceptors (Lipinski definition) is 6. The Kier molecular flexibility index (Phi) is 4.97. The van der Waals surface area contributed by atoms with Crippen LogP contribution < -0.4 is 10.3 Å². The molecule has 166 valence electrons. The number of rotatable bonds is 4. The Balaban J connectivity index is 1.33. The highest BCUT2D eigenvalue weighted by Crippen LogP contribution is 2.45. The summed E-state index contributed by atoms with van der Waals surface area (Å²) in [6.07, 6.45) is 2.34. The Labute approximate surface area is 184 Å². The fraction of sp³-hybridized carbons (Fsp3) is 0.375. The van der Waals surface area contributed by atoms with E-state index in [2.05, 4.69) is 20.1 Å². The van der Waals surface area contributed by atoms with E-state index in [1.807, 2.05) is 14.0 Å². The molecular weight excluding hydrogens is 411 g/mol. The molecule has 0 radical (unpaired) electrons. The maximum absolute atomic E-state index is 15.2. The van der Waals surface area contributed by atoms with Crippen LogP contribution in [-0.4, -0.2) is 56.1 Å². The van der Waals surface area contributed by atoms with Gasteiger partial charge < -0.3 is 14.8 Å². The van der Waals surface area contributed by atoms with E-state index >= 15 is 4.39 Å². The van der Waals surface area contributed by atoms with Crippen LogP contribution in [0.5, 0.6) is 11.6 Å². The number of hydrogen-bond donors (Lipinski definition) is 2. The molecule has 2 aliphatic heterocycles. The van der Waals surface area contributed by atoms with Gasteiger partial charge in [-0.3, -0.25) is 9.69 Å². The number of halogens is 1. The fourth-order valence-electron chi connectivity index (χ4n) is 4.98. The molecule has 2 N–H and O–H groups in total. The van der Waals surface area contributed by atoms with Crippen molar-refractivity contribution in [2.24, 2.45) is 0 Å². The number of nitrogens with one attached hydrogen (secondary N) is 1. The molecule has 2 fully saturated rings. The van der Waals surface area contributed by atoms with E-state index in [0.29, 0.717) is 34.8 Å². The molecule has 32 heavy (non-hydrogen) atoms. The lowest BCUT2D eigenvalue weighted by Crippen LogP contribution is -2.60. The van der Waals surface area contributed by atoms with E-state index in [-0.39, 0.29) is 17.2 Å². The van der Waals surface area contributed by atoms with Crippen LogP contribution in [0.1, 0.15) is 26.2 Å². The molecule has 3 aromatic rings. The Hall–Kier alpha value is -3.26. The summed E-state index contributed by atoms with van der Waals surface area (Å²) in [6.45, 7) is 1.96. The van der Waals surface area contributed by atoms with E-state index in [1.165, 1.54) is 6.07 Å². The summed E-state index contributed by atoms with van der Waals surface area (Å²) in [5.41, 5.74) is 1.68. The topological polar surface area (TPSA) is 91.3 Å². The number of phenolic OH excluding ortho intramolecular Hbond substituents is 1. The summed E-state index contributed by atoms with van der Waals surface area (Å²) in [5.74, 6) is 0.294. The number of benzene rings is 1. The normalized spacial score (nSPS) is 27.4. The summed E-state index contributed by atoms with van der Waals surface area (Å²) >= 11 is 0. The highest BCUT2D eigenvalue weighted by atomic mass is 19.1. The van der Waals surface area contributed by atoms with Crippen molar-refractivity contribution in [3.63, 3.8) is 0 Å². The molecular formula is C24H25FN4O3. The van der Waals surface area contributed by atoms with Crippen LogP contribution in [0, 0.1) is 0 Å². The molecule has 1 aromatic carbocycles. The number of piperidine rings is 1. The largest absolute Gasteiger partial charge is 0.507 e. The number of ether oxygens (including phenoxy) is 1. The van der Waals surface area contributed by atoms with Crippen molar-refractivity contribution in [3.8, 4) is 34.0 Å². The minimum absolute atomic E-state index is 0.0226. The van der Waals surface area contributed by atoms with Crippen molar-refractivity contribution in [2.45, 2.75) is 50.0 Å². The first-order valence-corrected chi connectivity index (χ1v) is 10.7. The fourth-order valence-corrected chi connectivity index (χ4v) is 4.98. The first-order chi connectivity index (χ1) is 15.3. The SMILES string of the molecule is CN1[C@H]2CC[C@]1(C)[C@H](F)[C@@H](Oc1ccc(-c3ccc(-c4cc[nH]c(=O)c4)cc3O)nn1)C2. The average molecular weight is 436 g/mol. The van der Waals surface area contributed by atoms with Crippen molar-refractivity contribution >= 4 is 0 Å². The Bertz CT molecular complexity index is 1200. The van der Waals surface area contributed by atoms with Crippen LogP contribution in [0.2, 0.25) is 0 Å². The number of alkyl halides is 1. The third-order valence-electron chi connectivity index (χ3n) is 7.06. The van der Waals surface area contributed by atoms with Gasteiger partial charge in [-0.2, -0.15) is 0 Å². The lowest BCUT2D eigenvalue weighted by atomic mass is 9.87. The lowest BCUT2D eigenvalue weighted by molar-refractivity contribution is -0.0596. The molecule has 2 bridgehead atoms. The molecule has 2 aliphatic rings. The first-order valence-electron chi connectivity index (χ1n) is 10.7. The third-order valence-corrected chi connectivity index (χ3v) is 7.06. The number of phenols is 1. The Morgan fingerprint density at radius 3 is 2.72 bits per heavy atom. The number of aromatic amines is 1. The van der Waals surface area contributed by atoms with Crippen molar-refractivity contribution < 1.29 is 14.2 Å². The summed E-state index contributed by atoms with van der Waals surface area (Å²) in [7, 11) is 1.99. The van der Waals surface area contributed by atoms with E-state index < -0.39 is 17.8 Å². The molecule has 0 unspecified atom stereocenters. The molecule has 2 aromatic heterocycles. The van der Waals surface area contributed by atoms with Gasteiger partial charge in [0.15, 0.2) is 6.17 Å². The van der Waals surface area contributed by atoms with Gasteiger partial charge in [-0.15, -0.1) is 10.2 Å². The zero-order chi connectivity index (χ0) is 22.5. The van der Waals surface area contributed by atoms with Gasteiger partial charge in [0, 0.05) is 36.4 Å². The lowest BCUT2D eigenvalue weighted by Gasteiger charge is -2.45. The van der Waals surface area contributed by atoms with Crippen molar-refractivity contribution in [1.29, 1.82) is 0 Å². The predicted octanol–water partition coefficient (Wildman–Crippen LogP) is 3.55. The number of nitrogens with zero attached hydrogens (tertiary/aromatic N) is 3. The van der Waals surface area contributed by atoms with Gasteiger partial charge in [0.2, 0.25) is 11.4 Å². The highest BCUT2D eigenvalue weighted by molar-refractivity contribution is 5.74. The minimum atomic E-state index is -1.10. The van der Waals surface area contributed by atoms with Gasteiger partial charge in [-0.25, -0.2) is 4.39 Å². The summed E-state index contributed by atoms with van der Waals surface area (Å²) in [6, 6.07) is 12.0. The second-order valence-electron chi connectivity index (χ2n) is 8.88. The number of pyridine rings is 1. The Morgan fingerprint density at radius 1 is 1.19 bits per heavy atom. The average Bonchev–Trinajstić information content (AvgIpc) is 3.00. The molecule has 7 nitrogen and oxygen atoms in total. The minimum Gasteiger partial charge on any atom is -0.507 e. The molecule has 0 amide bonds. The van der Waals surface area contributed by atoms with Crippen LogP contribution >= 0.6 is 0 Å². The predicted molar refractivity (Wildman–Crippen MR) is 118 cm³/mol. The van der Waals surface area contributed by atoms with Crippen molar-refractivity contribution in [1.82, 2.24) is 20.1 Å². The van der Waals surface area contributed by atoms with E-state index in [9.17, 15) is 9.90 Å². The van der Waals surface area contributed by atoms with Crippen LogP contribution in [0.4, 0.5) is 4.39 Å². The van der Waals surface area contributed by atoms with E-state index in [0.717, 1.165) is 12.8 Å². The van der Waals surface area contributed by atoms with Crippen LogP contribution in [0.15, 0.2) is 53.5 Å². The molecule has 5 rings (SSSR count). The third kappa shape index (κ3) is 3.44. The zero-order valence-electron chi connectivity index (χ0n) is 18.0. The summed E-state index contributed by atoms with van der Waals surface area (Å²) in [4.78, 5) is 16.2. The number of aromatic hydroxyl groups is 1. The first kappa shape index (κ1) is 20.6. The molecule has 4 heterocycles. The molecule has 0 aliphatic carbocycles. The van der Waals surface area contributed by atoms with Crippen molar-refractivity contribution in [3.05, 3.63) is 59.0 Å². The second-order valence-corrected chi connectivity index (χ2v) is 8.88. The summed E-state index contributed by atoms with van der Waals surface area (Å²) in [5, 5.41) is 18.8. The van der Waals surface area contributed by atoms with Crippen molar-refractivity contribution in [2.75, 3.05) is 7.05 Å². The van der Waals surface area contributed by atoms with Gasteiger partial charge >= 0.3 is 0 Å². The van der Waals surface area contributed by atoms with Crippen LogP contribution in [0.25, 0.3) is 22.4 Å². The number of fused-ring (bicyclic) bond motifs is 2. The molecule has 8 heteroatoms. The molecule has 0 spiro atoms. The maximum Gasteiger partial charge on any atom is 0.248 e. The second kappa shape index (κ2) is 7.70. The molecule has 0 saturated carbocycles. The number of aromatic nitrogens is 3. The van der Waals surface area contributed by atoms with Gasteiger partial charge in [-0.05, 0) is 62.2 Å². The van der Waals surface area contributed by atoms with E-state index in [1.54, 1.807) is 42.6 Å². The van der Waals surface area contributed by atoms with Crippen LogP contribution in [-0.2, 0) is 0 Å². The maximum atomic E-state index is 15.2. The number of H-pyrrole nitrogens is 1. The van der Waals surface area contributed by atoms with Gasteiger partial charge in [0.25, 0.3) is 0 Å². The molecule has 2 saturated heterocycles. The van der Waals surface area contributed by atoms with E-state index in [4.69, 9.17) is 4.74 Å². The van der Waals surface area contributed by atoms with Gasteiger partial charge in [-0.1, -0.05) is 6.07 Å². The monoisotopic (exact) mass is 436 g/mol. The molecule has 4 atom stereocenters. The van der Waals surface area contributed by atoms with Gasteiger partial charge in [0.1, 0.15) is 11.9 Å². The smallest absolute Gasteiger partial charge is 0.248 e. The quantitative estimate of drug-likeness (QED) is 0.650. The highest BCUT2D eigenvalue weighted by Gasteiger charge is 2.55. The van der Waals surface area contributed by atoms with Gasteiger partial charge in [0.05, 0.1) is 11.2 Å². The zero-order valence-corrected chi connectivity index (χ0v) is 18.0. The van der Waals surface area contributed by atoms with Crippen LogP contribution in [0.3, 0.4) is 0 Å². The summed E-state index contributed by atoms with van der Waals surface area (Å²) < 4.78 is 21.1.